The van der Waals surface area contributed by atoms with Crippen LogP contribution in [0.5, 0.6) is 11.5 Å². The van der Waals surface area contributed by atoms with Gasteiger partial charge in [0.25, 0.3) is 5.91 Å². The number of aromatic hydroxyl groups is 1. The van der Waals surface area contributed by atoms with E-state index in [-0.39, 0.29) is 16.8 Å². The van der Waals surface area contributed by atoms with Crippen LogP contribution in [0.3, 0.4) is 0 Å². The number of nitrogens with one attached hydrogen (secondary N) is 2. The van der Waals surface area contributed by atoms with E-state index in [1.807, 2.05) is 37.3 Å². The number of rotatable bonds is 5. The smallest absolute Gasteiger partial charge is 0.257 e. The van der Waals surface area contributed by atoms with E-state index in [1.165, 1.54) is 0 Å². The van der Waals surface area contributed by atoms with Gasteiger partial charge in [0.05, 0.1) is 6.61 Å². The minimum atomic E-state index is -0.322. The van der Waals surface area contributed by atoms with Crippen LogP contribution in [-0.2, 0) is 0 Å². The van der Waals surface area contributed by atoms with Crippen LogP contribution in [0.1, 0.15) is 23.7 Å². The third-order valence-corrected chi connectivity index (χ3v) is 4.15. The predicted octanol–water partition coefficient (Wildman–Crippen LogP) is 4.46. The maximum absolute atomic E-state index is 12.5. The number of amides is 1. The Morgan fingerprint density at radius 3 is 2.63 bits per heavy atom. The highest BCUT2D eigenvalue weighted by atomic mass is 32.1. The van der Waals surface area contributed by atoms with Gasteiger partial charge in [-0.25, -0.2) is 0 Å². The fourth-order valence-corrected chi connectivity index (χ4v) is 2.88. The number of hydrogen-bond donors (Lipinski definition) is 3. The van der Waals surface area contributed by atoms with Gasteiger partial charge >= 0.3 is 0 Å². The van der Waals surface area contributed by atoms with Crippen molar-refractivity contribution in [2.24, 2.45) is 0 Å². The minimum Gasteiger partial charge on any atom is -0.507 e. The van der Waals surface area contributed by atoms with Crippen LogP contribution >= 0.6 is 12.2 Å². The lowest BCUT2D eigenvalue weighted by Crippen LogP contribution is -2.34. The summed E-state index contributed by atoms with van der Waals surface area (Å²) >= 11 is 5.27. The quantitative estimate of drug-likeness (QED) is 0.570. The lowest BCUT2D eigenvalue weighted by atomic mass is 10.1. The fraction of sp³-hybridized carbons (Fsp3) is 0.143. The molecule has 5 nitrogen and oxygen atoms in total. The first kappa shape index (κ1) is 18.7. The van der Waals surface area contributed by atoms with E-state index in [4.69, 9.17) is 17.0 Å². The molecule has 0 heterocycles. The second-order valence-corrected chi connectivity index (χ2v) is 6.37. The second kappa shape index (κ2) is 8.51. The number of thiocarbonyl (C=S) groups is 1. The van der Waals surface area contributed by atoms with Crippen LogP contribution in [0.2, 0.25) is 0 Å². The minimum absolute atomic E-state index is 0.177. The second-order valence-electron chi connectivity index (χ2n) is 5.96. The van der Waals surface area contributed by atoms with Crippen LogP contribution < -0.4 is 15.4 Å². The van der Waals surface area contributed by atoms with Gasteiger partial charge in [-0.15, -0.1) is 0 Å². The van der Waals surface area contributed by atoms with E-state index in [9.17, 15) is 9.90 Å². The van der Waals surface area contributed by atoms with Crippen LogP contribution in [0.15, 0.2) is 60.7 Å². The number of anilines is 1. The lowest BCUT2D eigenvalue weighted by molar-refractivity contribution is 0.0977. The molecule has 0 aliphatic rings. The van der Waals surface area contributed by atoms with E-state index >= 15 is 0 Å². The monoisotopic (exact) mass is 380 g/mol. The highest BCUT2D eigenvalue weighted by molar-refractivity contribution is 7.80. The number of hydrogen-bond acceptors (Lipinski definition) is 4. The molecule has 1 amide bonds. The maximum Gasteiger partial charge on any atom is 0.257 e. The Kier molecular flexibility index (Phi) is 5.88. The number of carbonyl (C=O) groups is 1. The number of phenolic OH excluding ortho intramolecular Hbond substituents is 1. The van der Waals surface area contributed by atoms with Crippen molar-refractivity contribution in [1.82, 2.24) is 5.32 Å². The van der Waals surface area contributed by atoms with Crippen molar-refractivity contribution in [2.75, 3.05) is 11.9 Å². The molecule has 27 heavy (non-hydrogen) atoms. The maximum atomic E-state index is 12.5. The highest BCUT2D eigenvalue weighted by Crippen LogP contribution is 2.29. The summed E-state index contributed by atoms with van der Waals surface area (Å²) in [6, 6.07) is 17.7. The van der Waals surface area contributed by atoms with Crippen molar-refractivity contribution >= 4 is 39.7 Å². The Balaban J connectivity index is 1.71. The number of carbonyl (C=O) groups excluding carboxylic acids is 1. The Morgan fingerprint density at radius 2 is 1.81 bits per heavy atom. The zero-order valence-electron chi connectivity index (χ0n) is 14.9. The van der Waals surface area contributed by atoms with Gasteiger partial charge in [0.15, 0.2) is 5.11 Å². The molecule has 0 aliphatic heterocycles. The van der Waals surface area contributed by atoms with Gasteiger partial charge in [-0.3, -0.25) is 10.1 Å². The summed E-state index contributed by atoms with van der Waals surface area (Å²) in [5.41, 5.74) is 1.16. The van der Waals surface area contributed by atoms with E-state index in [1.54, 1.807) is 30.3 Å². The first-order valence-electron chi connectivity index (χ1n) is 8.64. The van der Waals surface area contributed by atoms with Gasteiger partial charge in [0.1, 0.15) is 11.5 Å². The summed E-state index contributed by atoms with van der Waals surface area (Å²) in [7, 11) is 0. The Labute approximate surface area is 163 Å². The number of benzene rings is 3. The predicted molar refractivity (Wildman–Crippen MR) is 112 cm³/mol. The van der Waals surface area contributed by atoms with Gasteiger partial charge in [-0.2, -0.15) is 0 Å². The van der Waals surface area contributed by atoms with Crippen molar-refractivity contribution in [3.8, 4) is 11.5 Å². The largest absolute Gasteiger partial charge is 0.507 e. The summed E-state index contributed by atoms with van der Waals surface area (Å²) in [5.74, 6) is 0.514. The molecule has 0 unspecified atom stereocenters. The van der Waals surface area contributed by atoms with Crippen molar-refractivity contribution < 1.29 is 14.6 Å². The molecule has 0 radical (unpaired) electrons. The normalized spacial score (nSPS) is 10.4. The first-order valence-corrected chi connectivity index (χ1v) is 9.05. The van der Waals surface area contributed by atoms with Crippen LogP contribution in [0.4, 0.5) is 5.69 Å². The molecule has 3 aromatic carbocycles. The zero-order chi connectivity index (χ0) is 19.2. The molecule has 0 saturated carbocycles. The number of ether oxygens (including phenoxy) is 1. The molecule has 0 aliphatic carbocycles. The van der Waals surface area contributed by atoms with Crippen LogP contribution in [-0.4, -0.2) is 22.7 Å². The topological polar surface area (TPSA) is 70.6 Å². The van der Waals surface area contributed by atoms with E-state index in [0.717, 1.165) is 11.8 Å². The average Bonchev–Trinajstić information content (AvgIpc) is 2.67. The van der Waals surface area contributed by atoms with Gasteiger partial charge in [0, 0.05) is 22.0 Å². The summed E-state index contributed by atoms with van der Waals surface area (Å²) in [5, 5.41) is 17.4. The van der Waals surface area contributed by atoms with Crippen molar-refractivity contribution in [2.45, 2.75) is 13.3 Å². The average molecular weight is 380 g/mol. The SMILES string of the molecule is CCCOc1cccc(C(=O)NC(=S)Nc2cccc3c(O)cccc23)c1. The fourth-order valence-electron chi connectivity index (χ4n) is 2.68. The van der Waals surface area contributed by atoms with Crippen molar-refractivity contribution in [3.05, 3.63) is 66.2 Å². The van der Waals surface area contributed by atoms with Crippen molar-refractivity contribution in [1.29, 1.82) is 0 Å². The molecule has 3 rings (SSSR count). The molecule has 0 atom stereocenters. The number of phenols is 1. The molecule has 3 aromatic rings. The van der Waals surface area contributed by atoms with Gasteiger partial charge in [-0.05, 0) is 49.0 Å². The molecule has 0 aromatic heterocycles. The molecule has 3 N–H and O–H groups in total. The highest BCUT2D eigenvalue weighted by Gasteiger charge is 2.11. The molecule has 0 saturated heterocycles. The molecule has 0 fully saturated rings. The van der Waals surface area contributed by atoms with E-state index in [0.29, 0.717) is 29.0 Å². The van der Waals surface area contributed by atoms with Gasteiger partial charge in [0.2, 0.25) is 0 Å². The summed E-state index contributed by atoms with van der Waals surface area (Å²) in [6.07, 6.45) is 0.894. The Morgan fingerprint density at radius 1 is 1.07 bits per heavy atom. The Hall–Kier alpha value is -3.12. The van der Waals surface area contributed by atoms with E-state index in [2.05, 4.69) is 10.6 Å². The third kappa shape index (κ3) is 4.54. The lowest BCUT2D eigenvalue weighted by Gasteiger charge is -2.13. The zero-order valence-corrected chi connectivity index (χ0v) is 15.7. The van der Waals surface area contributed by atoms with E-state index < -0.39 is 0 Å². The molecule has 0 bridgehead atoms. The van der Waals surface area contributed by atoms with Crippen LogP contribution in [0.25, 0.3) is 10.8 Å². The molecule has 0 spiro atoms. The standard InChI is InChI=1S/C21H20N2O3S/c1-2-12-26-15-7-3-6-14(13-15)20(25)23-21(27)22-18-10-4-9-17-16(18)8-5-11-19(17)24/h3-11,13,24H,2,12H2,1H3,(H2,22,23,25,27). The molecule has 6 heteroatoms. The molecule has 138 valence electrons. The summed E-state index contributed by atoms with van der Waals surface area (Å²) in [4.78, 5) is 12.5. The first-order chi connectivity index (χ1) is 13.1. The Bertz CT molecular complexity index is 988. The summed E-state index contributed by atoms with van der Waals surface area (Å²) < 4.78 is 5.55. The molecular weight excluding hydrogens is 360 g/mol. The van der Waals surface area contributed by atoms with Crippen molar-refractivity contribution in [3.63, 3.8) is 0 Å². The van der Waals surface area contributed by atoms with Gasteiger partial charge in [-0.1, -0.05) is 37.3 Å². The molecular formula is C21H20N2O3S. The number of fused-ring (bicyclic) bond motifs is 1. The third-order valence-electron chi connectivity index (χ3n) is 3.94. The summed E-state index contributed by atoms with van der Waals surface area (Å²) in [6.45, 7) is 2.62. The van der Waals surface area contributed by atoms with Gasteiger partial charge < -0.3 is 15.2 Å². The van der Waals surface area contributed by atoms with Crippen LogP contribution in [0, 0.1) is 0 Å².